The summed E-state index contributed by atoms with van der Waals surface area (Å²) in [7, 11) is 0. The third-order valence-corrected chi connectivity index (χ3v) is 4.45. The summed E-state index contributed by atoms with van der Waals surface area (Å²) >= 11 is 0. The molecule has 0 radical (unpaired) electrons. The van der Waals surface area contributed by atoms with Crippen LogP contribution in [0.15, 0.2) is 24.3 Å². The van der Waals surface area contributed by atoms with Crippen LogP contribution in [0.1, 0.15) is 31.2 Å². The Morgan fingerprint density at radius 1 is 1.25 bits per heavy atom. The SMILES string of the molecule is O=C(Cc1ccc(F)cc1)N1CCCC1C1CCCN1. The molecule has 0 bridgehead atoms. The maximum absolute atomic E-state index is 12.9. The Kier molecular flexibility index (Phi) is 4.01. The van der Waals surface area contributed by atoms with Crippen molar-refractivity contribution in [2.45, 2.75) is 44.2 Å². The Morgan fingerprint density at radius 3 is 2.75 bits per heavy atom. The first-order valence-electron chi connectivity index (χ1n) is 7.51. The smallest absolute Gasteiger partial charge is 0.227 e. The van der Waals surface area contributed by atoms with Gasteiger partial charge in [-0.05, 0) is 49.9 Å². The number of nitrogens with one attached hydrogen (secondary N) is 1. The van der Waals surface area contributed by atoms with Crippen LogP contribution in [0.2, 0.25) is 0 Å². The average Bonchev–Trinajstić information content (AvgIpc) is 3.11. The maximum atomic E-state index is 12.9. The molecule has 2 fully saturated rings. The quantitative estimate of drug-likeness (QED) is 0.917. The minimum absolute atomic E-state index is 0.174. The van der Waals surface area contributed by atoms with Crippen molar-refractivity contribution in [2.24, 2.45) is 0 Å². The number of rotatable bonds is 3. The Morgan fingerprint density at radius 2 is 2.05 bits per heavy atom. The Balaban J connectivity index is 1.64. The molecule has 0 aliphatic carbocycles. The lowest BCUT2D eigenvalue weighted by molar-refractivity contribution is -0.131. The van der Waals surface area contributed by atoms with Gasteiger partial charge in [0.2, 0.25) is 5.91 Å². The Bertz CT molecular complexity index is 468. The summed E-state index contributed by atoms with van der Waals surface area (Å²) < 4.78 is 12.9. The summed E-state index contributed by atoms with van der Waals surface area (Å²) in [6, 6.07) is 7.06. The minimum atomic E-state index is -0.254. The topological polar surface area (TPSA) is 32.3 Å². The maximum Gasteiger partial charge on any atom is 0.227 e. The van der Waals surface area contributed by atoms with Crippen molar-refractivity contribution in [2.75, 3.05) is 13.1 Å². The van der Waals surface area contributed by atoms with Crippen molar-refractivity contribution in [3.63, 3.8) is 0 Å². The van der Waals surface area contributed by atoms with Crippen molar-refractivity contribution < 1.29 is 9.18 Å². The monoisotopic (exact) mass is 276 g/mol. The van der Waals surface area contributed by atoms with Gasteiger partial charge in [0.05, 0.1) is 6.42 Å². The molecular formula is C16H21FN2O. The van der Waals surface area contributed by atoms with Gasteiger partial charge in [0.15, 0.2) is 0 Å². The summed E-state index contributed by atoms with van der Waals surface area (Å²) in [5.74, 6) is -0.0804. The first-order chi connectivity index (χ1) is 9.74. The predicted octanol–water partition coefficient (Wildman–Crippen LogP) is 2.11. The van der Waals surface area contributed by atoms with Crippen LogP contribution < -0.4 is 5.32 Å². The van der Waals surface area contributed by atoms with Crippen LogP contribution in [0.4, 0.5) is 4.39 Å². The Labute approximate surface area is 119 Å². The Hall–Kier alpha value is -1.42. The molecule has 2 atom stereocenters. The van der Waals surface area contributed by atoms with Crippen LogP contribution >= 0.6 is 0 Å². The van der Waals surface area contributed by atoms with Crippen molar-refractivity contribution in [1.82, 2.24) is 10.2 Å². The van der Waals surface area contributed by atoms with Crippen LogP contribution in [0.3, 0.4) is 0 Å². The number of hydrogen-bond donors (Lipinski definition) is 1. The van der Waals surface area contributed by atoms with Gasteiger partial charge < -0.3 is 10.2 Å². The van der Waals surface area contributed by atoms with Crippen LogP contribution in [0.5, 0.6) is 0 Å². The number of carbonyl (C=O) groups is 1. The lowest BCUT2D eigenvalue weighted by Crippen LogP contribution is -2.47. The average molecular weight is 276 g/mol. The van der Waals surface area contributed by atoms with Gasteiger partial charge in [-0.25, -0.2) is 4.39 Å². The molecule has 2 heterocycles. The fourth-order valence-electron chi connectivity index (χ4n) is 3.44. The molecule has 3 nitrogen and oxygen atoms in total. The van der Waals surface area contributed by atoms with Gasteiger partial charge in [0, 0.05) is 18.6 Å². The van der Waals surface area contributed by atoms with E-state index in [2.05, 4.69) is 5.32 Å². The zero-order valence-corrected chi connectivity index (χ0v) is 11.6. The molecule has 2 aliphatic heterocycles. The van der Waals surface area contributed by atoms with E-state index < -0.39 is 0 Å². The summed E-state index contributed by atoms with van der Waals surface area (Å²) in [4.78, 5) is 14.5. The van der Waals surface area contributed by atoms with E-state index >= 15 is 0 Å². The first kappa shape index (κ1) is 13.6. The zero-order valence-electron chi connectivity index (χ0n) is 11.6. The van der Waals surface area contributed by atoms with Crippen LogP contribution in [-0.2, 0) is 11.2 Å². The van der Waals surface area contributed by atoms with Gasteiger partial charge in [-0.2, -0.15) is 0 Å². The number of likely N-dealkylation sites (tertiary alicyclic amines) is 1. The second kappa shape index (κ2) is 5.92. The number of hydrogen-bond acceptors (Lipinski definition) is 2. The lowest BCUT2D eigenvalue weighted by atomic mass is 10.0. The third kappa shape index (κ3) is 2.85. The molecule has 0 spiro atoms. The van der Waals surface area contributed by atoms with Crippen LogP contribution in [0.25, 0.3) is 0 Å². The van der Waals surface area contributed by atoms with Crippen LogP contribution in [0, 0.1) is 5.82 Å². The van der Waals surface area contributed by atoms with Gasteiger partial charge in [-0.15, -0.1) is 0 Å². The second-order valence-corrected chi connectivity index (χ2v) is 5.80. The fraction of sp³-hybridized carbons (Fsp3) is 0.562. The summed E-state index contributed by atoms with van der Waals surface area (Å²) in [6.07, 6.45) is 4.96. The molecule has 20 heavy (non-hydrogen) atoms. The molecule has 1 aromatic carbocycles. The molecule has 1 amide bonds. The summed E-state index contributed by atoms with van der Waals surface area (Å²) in [5, 5.41) is 3.51. The van der Waals surface area contributed by atoms with Gasteiger partial charge in [0.25, 0.3) is 0 Å². The molecule has 0 aromatic heterocycles. The highest BCUT2D eigenvalue weighted by Crippen LogP contribution is 2.25. The van der Waals surface area contributed by atoms with Crippen molar-refractivity contribution in [1.29, 1.82) is 0 Å². The fourth-order valence-corrected chi connectivity index (χ4v) is 3.44. The van der Waals surface area contributed by atoms with Gasteiger partial charge in [-0.1, -0.05) is 12.1 Å². The van der Waals surface area contributed by atoms with E-state index in [1.165, 1.54) is 25.0 Å². The third-order valence-electron chi connectivity index (χ3n) is 4.45. The van der Waals surface area contributed by atoms with E-state index in [4.69, 9.17) is 0 Å². The second-order valence-electron chi connectivity index (χ2n) is 5.80. The van der Waals surface area contributed by atoms with Gasteiger partial charge in [0.1, 0.15) is 5.82 Å². The van der Waals surface area contributed by atoms with Crippen LogP contribution in [-0.4, -0.2) is 36.0 Å². The molecule has 4 heteroatoms. The van der Waals surface area contributed by atoms with Crippen molar-refractivity contribution >= 4 is 5.91 Å². The lowest BCUT2D eigenvalue weighted by Gasteiger charge is -2.29. The highest BCUT2D eigenvalue weighted by atomic mass is 19.1. The molecule has 3 rings (SSSR count). The zero-order chi connectivity index (χ0) is 13.9. The number of halogens is 1. The summed E-state index contributed by atoms with van der Waals surface area (Å²) in [6.45, 7) is 1.93. The highest BCUT2D eigenvalue weighted by Gasteiger charge is 2.35. The number of nitrogens with zero attached hydrogens (tertiary/aromatic N) is 1. The van der Waals surface area contributed by atoms with Crippen molar-refractivity contribution in [3.8, 4) is 0 Å². The van der Waals surface area contributed by atoms with E-state index in [1.807, 2.05) is 4.90 Å². The minimum Gasteiger partial charge on any atom is -0.338 e. The number of benzene rings is 1. The summed E-state index contributed by atoms with van der Waals surface area (Å²) in [5.41, 5.74) is 0.890. The van der Waals surface area contributed by atoms with Gasteiger partial charge in [-0.3, -0.25) is 4.79 Å². The first-order valence-corrected chi connectivity index (χ1v) is 7.51. The van der Waals surface area contributed by atoms with E-state index in [9.17, 15) is 9.18 Å². The molecule has 108 valence electrons. The molecule has 2 saturated heterocycles. The number of carbonyl (C=O) groups excluding carboxylic acids is 1. The van der Waals surface area contributed by atoms with E-state index in [-0.39, 0.29) is 11.7 Å². The largest absolute Gasteiger partial charge is 0.338 e. The van der Waals surface area contributed by atoms with E-state index in [0.717, 1.165) is 31.5 Å². The molecule has 1 N–H and O–H groups in total. The van der Waals surface area contributed by atoms with Gasteiger partial charge >= 0.3 is 0 Å². The van der Waals surface area contributed by atoms with E-state index in [1.54, 1.807) is 12.1 Å². The highest BCUT2D eigenvalue weighted by molar-refractivity contribution is 5.79. The van der Waals surface area contributed by atoms with Crippen molar-refractivity contribution in [3.05, 3.63) is 35.6 Å². The predicted molar refractivity (Wildman–Crippen MR) is 75.9 cm³/mol. The molecule has 2 aliphatic rings. The number of amides is 1. The standard InChI is InChI=1S/C16H21FN2O/c17-13-7-5-12(6-8-13)11-16(20)19-10-2-4-15(19)14-3-1-9-18-14/h5-8,14-15,18H,1-4,9-11H2. The molecular weight excluding hydrogens is 255 g/mol. The molecule has 0 saturated carbocycles. The molecule has 1 aromatic rings. The molecule has 2 unspecified atom stereocenters. The van der Waals surface area contributed by atoms with E-state index in [0.29, 0.717) is 18.5 Å². The normalized spacial score (nSPS) is 26.1.